The summed E-state index contributed by atoms with van der Waals surface area (Å²) in [5.41, 5.74) is 8.84. The van der Waals surface area contributed by atoms with Gasteiger partial charge in [-0.2, -0.15) is 0 Å². The van der Waals surface area contributed by atoms with E-state index in [-0.39, 0.29) is 6.17 Å². The fourth-order valence-corrected chi connectivity index (χ4v) is 7.17. The topological polar surface area (TPSA) is 67.1 Å². The molecule has 0 amide bonds. The Bertz CT molecular complexity index is 2810. The van der Waals surface area contributed by atoms with Crippen molar-refractivity contribution in [2.75, 3.05) is 7.05 Å². The second kappa shape index (κ2) is 10.8. The van der Waals surface area contributed by atoms with Gasteiger partial charge in [-0.3, -0.25) is 4.98 Å². The average Bonchev–Trinajstić information content (AvgIpc) is 3.73. The van der Waals surface area contributed by atoms with Gasteiger partial charge < -0.3 is 13.7 Å². The van der Waals surface area contributed by atoms with Crippen molar-refractivity contribution in [1.82, 2.24) is 9.88 Å². The number of amidine groups is 2. The lowest BCUT2D eigenvalue weighted by atomic mass is 10.0. The lowest BCUT2D eigenvalue weighted by Crippen LogP contribution is -2.35. The molecule has 1 aliphatic rings. The Morgan fingerprint density at radius 1 is 0.592 bits per heavy atom. The van der Waals surface area contributed by atoms with Crippen LogP contribution < -0.4 is 0 Å². The van der Waals surface area contributed by atoms with Gasteiger partial charge in [-0.15, -0.1) is 0 Å². The molecule has 0 aliphatic carbocycles. The van der Waals surface area contributed by atoms with Crippen molar-refractivity contribution in [3.05, 3.63) is 162 Å². The van der Waals surface area contributed by atoms with Crippen LogP contribution in [0.4, 0.5) is 0 Å². The molecule has 0 saturated heterocycles. The summed E-state index contributed by atoms with van der Waals surface area (Å²) in [6.45, 7) is 0. The minimum absolute atomic E-state index is 0.287. The van der Waals surface area contributed by atoms with E-state index < -0.39 is 0 Å². The molecule has 4 heterocycles. The van der Waals surface area contributed by atoms with Gasteiger partial charge in [0.25, 0.3) is 0 Å². The quantitative estimate of drug-likeness (QED) is 0.194. The molecule has 232 valence electrons. The SMILES string of the molecule is CN1C(c2cccc3oc4cc(-c5cccc6c5oc5ccccc56)cnc4c23)=NC(c2ccccc2)=NC1c1ccc2ccccc2c1. The van der Waals surface area contributed by atoms with Crippen LogP contribution in [-0.2, 0) is 0 Å². The van der Waals surface area contributed by atoms with Gasteiger partial charge in [0.1, 0.15) is 28.1 Å². The standard InChI is InChI=1S/C43H28N4O2/c1-47-42(29-22-21-26-11-5-6-14-28(26)23-29)45-41(27-12-3-2-4-13-27)46-43(47)34-18-10-20-36-38(34)39-37(48-36)24-30(25-44-39)31-16-9-17-33-32-15-7-8-19-35(32)49-40(31)33/h2-25,42H,1H3. The second-order valence-corrected chi connectivity index (χ2v) is 12.5. The van der Waals surface area contributed by atoms with Gasteiger partial charge in [0.15, 0.2) is 17.6 Å². The van der Waals surface area contributed by atoms with E-state index >= 15 is 0 Å². The van der Waals surface area contributed by atoms with E-state index in [1.165, 1.54) is 10.8 Å². The van der Waals surface area contributed by atoms with E-state index in [2.05, 4.69) is 103 Å². The van der Waals surface area contributed by atoms with E-state index in [4.69, 9.17) is 23.8 Å². The average molecular weight is 633 g/mol. The van der Waals surface area contributed by atoms with Crippen LogP contribution in [0.1, 0.15) is 22.9 Å². The van der Waals surface area contributed by atoms with Crippen molar-refractivity contribution in [3.8, 4) is 11.1 Å². The number of aliphatic imine (C=N–C) groups is 2. The Morgan fingerprint density at radius 3 is 2.27 bits per heavy atom. The molecule has 0 N–H and O–H groups in total. The van der Waals surface area contributed by atoms with Crippen LogP contribution in [0.15, 0.2) is 165 Å². The van der Waals surface area contributed by atoms with Crippen LogP contribution in [0, 0.1) is 0 Å². The first-order valence-electron chi connectivity index (χ1n) is 16.4. The van der Waals surface area contributed by atoms with Gasteiger partial charge in [-0.1, -0.05) is 115 Å². The molecule has 6 aromatic carbocycles. The molecular formula is C43H28N4O2. The fraction of sp³-hybridized carbons (Fsp3) is 0.0465. The van der Waals surface area contributed by atoms with Crippen LogP contribution in [-0.4, -0.2) is 28.6 Å². The predicted molar refractivity (Wildman–Crippen MR) is 198 cm³/mol. The Hall–Kier alpha value is -6.53. The van der Waals surface area contributed by atoms with Gasteiger partial charge in [0.05, 0.1) is 5.39 Å². The summed E-state index contributed by atoms with van der Waals surface area (Å²) in [5.74, 6) is 1.49. The van der Waals surface area contributed by atoms with E-state index in [1.807, 2.05) is 54.7 Å². The minimum atomic E-state index is -0.287. The summed E-state index contributed by atoms with van der Waals surface area (Å²) in [5, 5.41) is 5.47. The lowest BCUT2D eigenvalue weighted by Gasteiger charge is -2.32. The number of pyridine rings is 1. The Morgan fingerprint density at radius 2 is 1.35 bits per heavy atom. The Balaban J connectivity index is 1.13. The van der Waals surface area contributed by atoms with Crippen LogP contribution in [0.2, 0.25) is 0 Å². The summed E-state index contributed by atoms with van der Waals surface area (Å²) in [6.07, 6.45) is 1.63. The molecule has 0 bridgehead atoms. The molecule has 9 aromatic rings. The molecule has 6 heteroatoms. The molecular weight excluding hydrogens is 604 g/mol. The molecule has 6 nitrogen and oxygen atoms in total. The number of benzene rings is 6. The van der Waals surface area contributed by atoms with E-state index in [0.29, 0.717) is 11.4 Å². The maximum atomic E-state index is 6.53. The van der Waals surface area contributed by atoms with Crippen LogP contribution in [0.25, 0.3) is 65.9 Å². The minimum Gasteiger partial charge on any atom is -0.455 e. The normalized spacial score (nSPS) is 15.0. The number of nitrogens with zero attached hydrogens (tertiary/aromatic N) is 4. The summed E-state index contributed by atoms with van der Waals surface area (Å²) >= 11 is 0. The van der Waals surface area contributed by atoms with Crippen molar-refractivity contribution in [1.29, 1.82) is 0 Å². The molecule has 1 unspecified atom stereocenters. The molecule has 1 atom stereocenters. The number of furan rings is 2. The highest BCUT2D eigenvalue weighted by Gasteiger charge is 2.29. The highest BCUT2D eigenvalue weighted by molar-refractivity contribution is 6.21. The maximum absolute atomic E-state index is 6.53. The van der Waals surface area contributed by atoms with E-state index in [9.17, 15) is 0 Å². The van der Waals surface area contributed by atoms with Crippen molar-refractivity contribution < 1.29 is 8.83 Å². The molecule has 0 saturated carbocycles. The van der Waals surface area contributed by atoms with Gasteiger partial charge >= 0.3 is 0 Å². The lowest BCUT2D eigenvalue weighted by molar-refractivity contribution is 0.383. The first-order valence-corrected chi connectivity index (χ1v) is 16.4. The number of rotatable bonds is 4. The summed E-state index contributed by atoms with van der Waals surface area (Å²) < 4.78 is 12.9. The van der Waals surface area contributed by atoms with Crippen LogP contribution in [0.3, 0.4) is 0 Å². The van der Waals surface area contributed by atoms with Crippen molar-refractivity contribution in [3.63, 3.8) is 0 Å². The zero-order chi connectivity index (χ0) is 32.5. The third kappa shape index (κ3) is 4.38. The molecule has 0 radical (unpaired) electrons. The summed E-state index contributed by atoms with van der Waals surface area (Å²) in [6, 6.07) is 47.7. The number of para-hydroxylation sites is 2. The molecule has 3 aromatic heterocycles. The zero-order valence-corrected chi connectivity index (χ0v) is 26.5. The van der Waals surface area contributed by atoms with E-state index in [1.54, 1.807) is 0 Å². The van der Waals surface area contributed by atoms with Gasteiger partial charge in [-0.05, 0) is 40.6 Å². The van der Waals surface area contributed by atoms with E-state index in [0.717, 1.165) is 72.1 Å². The smallest absolute Gasteiger partial charge is 0.159 e. The van der Waals surface area contributed by atoms with Crippen molar-refractivity contribution in [2.45, 2.75) is 6.17 Å². The predicted octanol–water partition coefficient (Wildman–Crippen LogP) is 10.5. The highest BCUT2D eigenvalue weighted by Crippen LogP contribution is 2.39. The highest BCUT2D eigenvalue weighted by atomic mass is 16.3. The van der Waals surface area contributed by atoms with Gasteiger partial charge in [0.2, 0.25) is 0 Å². The van der Waals surface area contributed by atoms with Gasteiger partial charge in [-0.25, -0.2) is 9.98 Å². The monoisotopic (exact) mass is 632 g/mol. The number of hydrogen-bond donors (Lipinski definition) is 0. The number of fused-ring (bicyclic) bond motifs is 7. The second-order valence-electron chi connectivity index (χ2n) is 12.5. The van der Waals surface area contributed by atoms with Crippen LogP contribution >= 0.6 is 0 Å². The number of aromatic nitrogens is 1. The van der Waals surface area contributed by atoms with Gasteiger partial charge in [0, 0.05) is 46.3 Å². The first-order chi connectivity index (χ1) is 24.2. The fourth-order valence-electron chi connectivity index (χ4n) is 7.17. The third-order valence-electron chi connectivity index (χ3n) is 9.55. The van der Waals surface area contributed by atoms with Crippen molar-refractivity contribution >= 4 is 66.5 Å². The largest absolute Gasteiger partial charge is 0.455 e. The summed E-state index contributed by atoms with van der Waals surface area (Å²) in [4.78, 5) is 17.6. The Kier molecular flexibility index (Phi) is 6.05. The Labute approximate surface area is 281 Å². The third-order valence-corrected chi connectivity index (χ3v) is 9.55. The maximum Gasteiger partial charge on any atom is 0.159 e. The molecule has 10 rings (SSSR count). The van der Waals surface area contributed by atoms with Crippen LogP contribution in [0.5, 0.6) is 0 Å². The van der Waals surface area contributed by atoms with Crippen molar-refractivity contribution in [2.24, 2.45) is 9.98 Å². The molecule has 0 spiro atoms. The molecule has 49 heavy (non-hydrogen) atoms. The molecule has 0 fully saturated rings. The number of hydrogen-bond acceptors (Lipinski definition) is 6. The zero-order valence-electron chi connectivity index (χ0n) is 26.5. The summed E-state index contributed by atoms with van der Waals surface area (Å²) in [7, 11) is 2.06. The molecule has 1 aliphatic heterocycles. The first kappa shape index (κ1) is 27.6.